The first-order valence-corrected chi connectivity index (χ1v) is 8.07. The van der Waals surface area contributed by atoms with Gasteiger partial charge in [-0.1, -0.05) is 11.6 Å². The van der Waals surface area contributed by atoms with Crippen LogP contribution in [0, 0.1) is 5.82 Å². The Balaban J connectivity index is 2.02. The van der Waals surface area contributed by atoms with E-state index in [9.17, 15) is 19.1 Å². The number of hydrogen-bond acceptors (Lipinski definition) is 4. The fraction of sp³-hybridized carbons (Fsp3) is 0.278. The van der Waals surface area contributed by atoms with Crippen molar-refractivity contribution in [3.8, 4) is 16.9 Å². The van der Waals surface area contributed by atoms with E-state index in [1.807, 2.05) is 0 Å². The van der Waals surface area contributed by atoms with Crippen LogP contribution in [0.4, 0.5) is 10.1 Å². The van der Waals surface area contributed by atoms with Crippen molar-refractivity contribution >= 4 is 29.2 Å². The first kappa shape index (κ1) is 13.5. The van der Waals surface area contributed by atoms with Crippen LogP contribution in [0.15, 0.2) is 18.3 Å². The van der Waals surface area contributed by atoms with Crippen LogP contribution in [0.25, 0.3) is 11.1 Å². The average molecular weight is 380 g/mol. The predicted molar refractivity (Wildman–Crippen MR) is 92.5 cm³/mol. The van der Waals surface area contributed by atoms with Gasteiger partial charge < -0.3 is 14.7 Å². The number of aromatic carboxylic acids is 1. The number of benzene rings is 1. The number of ether oxygens (including phenoxy) is 1. The summed E-state index contributed by atoms with van der Waals surface area (Å²) >= 11 is 5.78. The molecule has 1 amide bonds. The van der Waals surface area contributed by atoms with Crippen molar-refractivity contribution in [2.24, 2.45) is 0 Å². The second kappa shape index (κ2) is 5.41. The van der Waals surface area contributed by atoms with Gasteiger partial charge in [0.15, 0.2) is 11.0 Å². The van der Waals surface area contributed by atoms with Crippen LogP contribution in [-0.2, 0) is 10.2 Å². The highest BCUT2D eigenvalue weighted by Crippen LogP contribution is 2.58. The van der Waals surface area contributed by atoms with Gasteiger partial charge in [0.05, 0.1) is 33.9 Å². The number of halogens is 2. The molecule has 0 bridgehead atoms. The van der Waals surface area contributed by atoms with Crippen molar-refractivity contribution in [1.29, 1.82) is 0 Å². The molecule has 1 aliphatic carbocycles. The quantitative estimate of drug-likeness (QED) is 0.828. The number of methoxy groups -OCH3 is 1. The summed E-state index contributed by atoms with van der Waals surface area (Å²) in [5, 5.41) is 9.15. The number of rotatable bonds is 3. The fourth-order valence-electron chi connectivity index (χ4n) is 3.56. The molecular weight excluding hydrogens is 363 g/mol. The van der Waals surface area contributed by atoms with Crippen molar-refractivity contribution < 1.29 is 27.9 Å². The normalized spacial score (nSPS) is 19.0. The number of fused-ring (bicyclic) bond motifs is 2. The van der Waals surface area contributed by atoms with E-state index in [2.05, 4.69) is 4.98 Å². The minimum atomic E-state index is -2.93. The molecule has 1 aromatic heterocycles. The lowest BCUT2D eigenvalue weighted by Gasteiger charge is -2.16. The van der Waals surface area contributed by atoms with Gasteiger partial charge in [0.1, 0.15) is 5.75 Å². The molecule has 8 heteroatoms. The van der Waals surface area contributed by atoms with E-state index in [-0.39, 0.29) is 17.0 Å². The van der Waals surface area contributed by atoms with Crippen molar-refractivity contribution in [2.75, 3.05) is 19.0 Å². The van der Waals surface area contributed by atoms with Crippen molar-refractivity contribution in [3.63, 3.8) is 0 Å². The standard InChI is InChI=1S/C18H14ClFN2O4/c1-22-11-6-9(16(23)24)8(5-10(11)18(3-4-18)17(22)25)13-12(26-2)7-21-15(19)14(13)20/h5-7H,3-4H2,1-2H3,(H,23,24)/i2D3. The lowest BCUT2D eigenvalue weighted by Crippen LogP contribution is -2.27. The van der Waals surface area contributed by atoms with E-state index in [0.29, 0.717) is 24.1 Å². The SMILES string of the molecule is [2H]C([2H])([2H])Oc1cnc(Cl)c(F)c1-c1cc2c(cc1C(=O)O)N(C)C(=O)C21CC1. The van der Waals surface area contributed by atoms with Crippen LogP contribution in [0.5, 0.6) is 5.75 Å². The zero-order valence-corrected chi connectivity index (χ0v) is 14.2. The number of hydrogen-bond donors (Lipinski definition) is 1. The monoisotopic (exact) mass is 379 g/mol. The summed E-state index contributed by atoms with van der Waals surface area (Å²) in [5.41, 5.74) is -0.651. The molecule has 0 unspecified atom stereocenters. The summed E-state index contributed by atoms with van der Waals surface area (Å²) in [5.74, 6) is -3.13. The van der Waals surface area contributed by atoms with Gasteiger partial charge >= 0.3 is 5.97 Å². The molecule has 0 saturated heterocycles. The Labute approximate surface area is 157 Å². The maximum atomic E-state index is 15.0. The smallest absolute Gasteiger partial charge is 0.336 e. The molecule has 2 heterocycles. The minimum Gasteiger partial charge on any atom is -0.494 e. The Morgan fingerprint density at radius 2 is 2.23 bits per heavy atom. The molecule has 0 atom stereocenters. The second-order valence-corrected chi connectivity index (χ2v) is 6.73. The summed E-state index contributed by atoms with van der Waals surface area (Å²) in [6, 6.07) is 2.69. The predicted octanol–water partition coefficient (Wildman–Crippen LogP) is 3.26. The number of aromatic nitrogens is 1. The first-order chi connectivity index (χ1) is 13.5. The van der Waals surface area contributed by atoms with E-state index < -0.39 is 40.7 Å². The van der Waals surface area contributed by atoms with Gasteiger partial charge in [-0.2, -0.15) is 0 Å². The molecule has 1 saturated carbocycles. The zero-order valence-electron chi connectivity index (χ0n) is 16.5. The van der Waals surface area contributed by atoms with Crippen LogP contribution in [0.3, 0.4) is 0 Å². The molecule has 26 heavy (non-hydrogen) atoms. The Morgan fingerprint density at radius 1 is 1.50 bits per heavy atom. The van der Waals surface area contributed by atoms with E-state index in [1.165, 1.54) is 17.0 Å². The van der Waals surface area contributed by atoms with Gasteiger partial charge in [0.25, 0.3) is 0 Å². The third kappa shape index (κ3) is 2.07. The average Bonchev–Trinajstić information content (AvgIpc) is 3.40. The van der Waals surface area contributed by atoms with Crippen molar-refractivity contribution in [3.05, 3.63) is 40.4 Å². The summed E-state index contributed by atoms with van der Waals surface area (Å²) < 4.78 is 41.7. The third-order valence-electron chi connectivity index (χ3n) is 5.03. The second-order valence-electron chi connectivity index (χ2n) is 6.37. The van der Waals surface area contributed by atoms with E-state index in [0.717, 1.165) is 6.20 Å². The Morgan fingerprint density at radius 3 is 2.85 bits per heavy atom. The molecule has 134 valence electrons. The van der Waals surface area contributed by atoms with Gasteiger partial charge in [0, 0.05) is 18.3 Å². The molecule has 1 N–H and O–H groups in total. The lowest BCUT2D eigenvalue weighted by molar-refractivity contribution is -0.119. The number of likely N-dealkylation sites (N-methyl/N-ethyl adjacent to an activating group) is 1. The van der Waals surface area contributed by atoms with Crippen molar-refractivity contribution in [1.82, 2.24) is 4.98 Å². The molecule has 0 radical (unpaired) electrons. The number of anilines is 1. The minimum absolute atomic E-state index is 0.133. The lowest BCUT2D eigenvalue weighted by atomic mass is 9.90. The maximum absolute atomic E-state index is 15.0. The Hall–Kier alpha value is -2.67. The molecule has 1 fully saturated rings. The van der Waals surface area contributed by atoms with Crippen LogP contribution < -0.4 is 9.64 Å². The van der Waals surface area contributed by atoms with E-state index in [1.54, 1.807) is 7.05 Å². The van der Waals surface area contributed by atoms with Gasteiger partial charge in [-0.15, -0.1) is 0 Å². The number of carbonyl (C=O) groups excluding carboxylic acids is 1. The number of carboxylic acids is 1. The topological polar surface area (TPSA) is 79.7 Å². The summed E-state index contributed by atoms with van der Waals surface area (Å²) in [6.07, 6.45) is 2.11. The van der Waals surface area contributed by atoms with Gasteiger partial charge in [0.2, 0.25) is 5.91 Å². The Kier molecular flexibility index (Phi) is 2.81. The van der Waals surface area contributed by atoms with Gasteiger partial charge in [-0.05, 0) is 30.5 Å². The number of nitrogens with zero attached hydrogens (tertiary/aromatic N) is 2. The van der Waals surface area contributed by atoms with Gasteiger partial charge in [-0.25, -0.2) is 14.2 Å². The van der Waals surface area contributed by atoms with Gasteiger partial charge in [-0.3, -0.25) is 4.79 Å². The zero-order chi connectivity index (χ0) is 21.3. The molecule has 2 aromatic rings. The molecule has 6 nitrogen and oxygen atoms in total. The van der Waals surface area contributed by atoms with E-state index >= 15 is 0 Å². The van der Waals surface area contributed by atoms with E-state index in [4.69, 9.17) is 20.5 Å². The highest BCUT2D eigenvalue weighted by molar-refractivity contribution is 6.30. The fourth-order valence-corrected chi connectivity index (χ4v) is 3.71. The Bertz CT molecular complexity index is 1090. The molecule has 4 rings (SSSR count). The third-order valence-corrected chi connectivity index (χ3v) is 5.29. The summed E-state index contributed by atoms with van der Waals surface area (Å²) in [4.78, 5) is 29.5. The molecule has 1 aliphatic heterocycles. The summed E-state index contributed by atoms with van der Waals surface area (Å²) in [7, 11) is -1.38. The molecule has 1 spiro atoms. The number of amides is 1. The maximum Gasteiger partial charge on any atom is 0.336 e. The number of pyridine rings is 1. The van der Waals surface area contributed by atoms with Crippen LogP contribution in [0.2, 0.25) is 5.15 Å². The number of carbonyl (C=O) groups is 2. The van der Waals surface area contributed by atoms with Crippen molar-refractivity contribution in [2.45, 2.75) is 18.3 Å². The highest BCUT2D eigenvalue weighted by Gasteiger charge is 2.58. The molecule has 2 aliphatic rings. The largest absolute Gasteiger partial charge is 0.494 e. The highest BCUT2D eigenvalue weighted by atomic mass is 35.5. The molecule has 1 aromatic carbocycles. The van der Waals surface area contributed by atoms with Crippen LogP contribution >= 0.6 is 11.6 Å². The summed E-state index contributed by atoms with van der Waals surface area (Å²) in [6.45, 7) is 0. The van der Waals surface area contributed by atoms with Crippen LogP contribution in [-0.4, -0.2) is 36.1 Å². The van der Waals surface area contributed by atoms with Crippen LogP contribution in [0.1, 0.15) is 32.9 Å². The first-order valence-electron chi connectivity index (χ1n) is 9.19. The molecular formula is C18H14ClFN2O4. The number of carboxylic acid groups (broad SMARTS) is 1.